The Labute approximate surface area is 175 Å². The molecule has 3 N–H and O–H groups in total. The summed E-state index contributed by atoms with van der Waals surface area (Å²) in [6, 6.07) is -0.702. The maximum Gasteiger partial charge on any atom is 0.244 e. The van der Waals surface area contributed by atoms with Crippen molar-refractivity contribution in [2.75, 3.05) is 27.2 Å². The smallest absolute Gasteiger partial charge is 0.244 e. The molecule has 0 aromatic rings. The molecule has 168 valence electrons. The van der Waals surface area contributed by atoms with Gasteiger partial charge in [0.2, 0.25) is 17.7 Å². The highest BCUT2D eigenvalue weighted by atomic mass is 16.5. The van der Waals surface area contributed by atoms with Gasteiger partial charge in [0, 0.05) is 25.4 Å². The number of hydroxylamine groups is 1. The summed E-state index contributed by atoms with van der Waals surface area (Å²) in [7, 11) is 3.64. The second-order valence-electron chi connectivity index (χ2n) is 9.73. The van der Waals surface area contributed by atoms with Crippen LogP contribution >= 0.6 is 0 Å². The summed E-state index contributed by atoms with van der Waals surface area (Å²) >= 11 is 0. The predicted molar refractivity (Wildman–Crippen MR) is 112 cm³/mol. The number of nitrogens with zero attached hydrogens (tertiary/aromatic N) is 2. The Balaban J connectivity index is 3.36. The molecule has 0 aromatic heterocycles. The van der Waals surface area contributed by atoms with Crippen molar-refractivity contribution in [2.45, 2.75) is 72.4 Å². The van der Waals surface area contributed by atoms with Crippen LogP contribution in [0.3, 0.4) is 0 Å². The number of piperidine rings is 1. The third-order valence-corrected chi connectivity index (χ3v) is 5.59. The van der Waals surface area contributed by atoms with E-state index in [1.807, 2.05) is 34.6 Å². The van der Waals surface area contributed by atoms with E-state index in [4.69, 9.17) is 5.21 Å². The van der Waals surface area contributed by atoms with Gasteiger partial charge in [-0.1, -0.05) is 34.6 Å². The number of nitrogens with one attached hydrogen (secondary N) is 2. The van der Waals surface area contributed by atoms with Crippen molar-refractivity contribution in [3.05, 3.63) is 0 Å². The SMILES string of the molecule is CNC(=O)[C@@H](N(C(=O)[C@@H](CC(=O)NO)CC(C)C)C1CCN(C)CC1)C(C)(C)C. The summed E-state index contributed by atoms with van der Waals surface area (Å²) in [4.78, 5) is 42.6. The van der Waals surface area contributed by atoms with Gasteiger partial charge in [-0.3, -0.25) is 19.6 Å². The van der Waals surface area contributed by atoms with Crippen molar-refractivity contribution < 1.29 is 19.6 Å². The Kier molecular flexibility index (Phi) is 9.55. The number of likely N-dealkylation sites (tertiary alicyclic amines) is 1. The number of amides is 3. The highest BCUT2D eigenvalue weighted by molar-refractivity contribution is 5.91. The number of hydrogen-bond acceptors (Lipinski definition) is 5. The van der Waals surface area contributed by atoms with Crippen LogP contribution in [0.1, 0.15) is 60.3 Å². The van der Waals surface area contributed by atoms with Gasteiger partial charge in [0.05, 0.1) is 0 Å². The van der Waals surface area contributed by atoms with Gasteiger partial charge in [-0.2, -0.15) is 0 Å². The van der Waals surface area contributed by atoms with Crippen molar-refractivity contribution in [2.24, 2.45) is 17.3 Å². The molecule has 0 unspecified atom stereocenters. The molecule has 1 fully saturated rings. The molecular formula is C21H40N4O4. The molecule has 1 aliphatic rings. The Bertz CT molecular complexity index is 566. The lowest BCUT2D eigenvalue weighted by molar-refractivity contribution is -0.154. The maximum atomic E-state index is 13.8. The van der Waals surface area contributed by atoms with Gasteiger partial charge in [0.25, 0.3) is 0 Å². The van der Waals surface area contributed by atoms with E-state index in [1.54, 1.807) is 17.4 Å². The second kappa shape index (κ2) is 10.9. The number of rotatable bonds is 8. The van der Waals surface area contributed by atoms with Crippen LogP contribution in [0.4, 0.5) is 0 Å². The van der Waals surface area contributed by atoms with E-state index in [9.17, 15) is 14.4 Å². The molecule has 0 bridgehead atoms. The summed E-state index contributed by atoms with van der Waals surface area (Å²) in [5.41, 5.74) is 1.17. The van der Waals surface area contributed by atoms with Gasteiger partial charge in [0.1, 0.15) is 6.04 Å². The molecule has 0 radical (unpaired) electrons. The zero-order valence-corrected chi connectivity index (χ0v) is 19.1. The fraction of sp³-hybridized carbons (Fsp3) is 0.857. The van der Waals surface area contributed by atoms with Crippen LogP contribution in [0.25, 0.3) is 0 Å². The van der Waals surface area contributed by atoms with E-state index in [0.717, 1.165) is 25.9 Å². The van der Waals surface area contributed by atoms with Crippen LogP contribution in [0.2, 0.25) is 0 Å². The lowest BCUT2D eigenvalue weighted by Gasteiger charge is -2.46. The van der Waals surface area contributed by atoms with E-state index in [1.165, 1.54) is 0 Å². The first-order valence-electron chi connectivity index (χ1n) is 10.6. The van der Waals surface area contributed by atoms with Gasteiger partial charge in [0.15, 0.2) is 0 Å². The fourth-order valence-electron chi connectivity index (χ4n) is 4.19. The normalized spacial score (nSPS) is 18.2. The number of hydrogen-bond donors (Lipinski definition) is 3. The molecule has 0 spiro atoms. The van der Waals surface area contributed by atoms with Crippen LogP contribution in [0.15, 0.2) is 0 Å². The Morgan fingerprint density at radius 1 is 1.17 bits per heavy atom. The zero-order valence-electron chi connectivity index (χ0n) is 19.1. The predicted octanol–water partition coefficient (Wildman–Crippen LogP) is 1.63. The quantitative estimate of drug-likeness (QED) is 0.415. The van der Waals surface area contributed by atoms with Gasteiger partial charge >= 0.3 is 0 Å². The third kappa shape index (κ3) is 7.26. The highest BCUT2D eigenvalue weighted by Gasteiger charge is 2.44. The molecule has 0 aliphatic carbocycles. The van der Waals surface area contributed by atoms with E-state index in [0.29, 0.717) is 6.42 Å². The van der Waals surface area contributed by atoms with Gasteiger partial charge in [-0.05, 0) is 50.7 Å². The average molecular weight is 413 g/mol. The third-order valence-electron chi connectivity index (χ3n) is 5.59. The lowest BCUT2D eigenvalue weighted by atomic mass is 9.81. The highest BCUT2D eigenvalue weighted by Crippen LogP contribution is 2.32. The van der Waals surface area contributed by atoms with Crippen molar-refractivity contribution in [1.29, 1.82) is 0 Å². The van der Waals surface area contributed by atoms with Crippen LogP contribution in [0.5, 0.6) is 0 Å². The van der Waals surface area contributed by atoms with Crippen LogP contribution < -0.4 is 10.8 Å². The Morgan fingerprint density at radius 3 is 2.14 bits per heavy atom. The minimum absolute atomic E-state index is 0.0629. The maximum absolute atomic E-state index is 13.8. The number of likely N-dealkylation sites (N-methyl/N-ethyl adjacent to an activating group) is 1. The molecule has 1 heterocycles. The molecule has 3 amide bonds. The first-order valence-corrected chi connectivity index (χ1v) is 10.6. The van der Waals surface area contributed by atoms with E-state index < -0.39 is 23.3 Å². The first-order chi connectivity index (χ1) is 13.4. The summed E-state index contributed by atoms with van der Waals surface area (Å²) in [6.07, 6.45) is 1.99. The molecular weight excluding hydrogens is 372 g/mol. The fourth-order valence-corrected chi connectivity index (χ4v) is 4.19. The molecule has 2 atom stereocenters. The minimum Gasteiger partial charge on any atom is -0.357 e. The summed E-state index contributed by atoms with van der Waals surface area (Å²) < 4.78 is 0. The van der Waals surface area contributed by atoms with Crippen LogP contribution in [-0.4, -0.2) is 72.0 Å². The molecule has 1 saturated heterocycles. The van der Waals surface area contributed by atoms with Gasteiger partial charge in [-0.25, -0.2) is 5.48 Å². The standard InChI is InChI=1S/C21H40N4O4/c1-14(2)12-15(13-17(26)23-29)20(28)25(16-8-10-24(7)11-9-16)18(19(27)22-6)21(3,4)5/h14-16,18,29H,8-13H2,1-7H3,(H,22,27)(H,23,26)/t15-,18-/m1/s1. The Hall–Kier alpha value is -1.67. The van der Waals surface area contributed by atoms with E-state index in [-0.39, 0.29) is 30.2 Å². The van der Waals surface area contributed by atoms with Gasteiger partial charge in [-0.15, -0.1) is 0 Å². The lowest BCUT2D eigenvalue weighted by Crippen LogP contribution is -2.61. The molecule has 1 aliphatic heterocycles. The van der Waals surface area contributed by atoms with E-state index >= 15 is 0 Å². The number of carbonyl (C=O) groups is 3. The summed E-state index contributed by atoms with van der Waals surface area (Å²) in [6.45, 7) is 11.6. The van der Waals surface area contributed by atoms with Crippen LogP contribution in [-0.2, 0) is 14.4 Å². The monoisotopic (exact) mass is 412 g/mol. The Morgan fingerprint density at radius 2 is 1.72 bits per heavy atom. The second-order valence-corrected chi connectivity index (χ2v) is 9.73. The molecule has 1 rings (SSSR count). The summed E-state index contributed by atoms with van der Waals surface area (Å²) in [5.74, 6) is -1.35. The zero-order chi connectivity index (χ0) is 22.4. The molecule has 0 aromatic carbocycles. The topological polar surface area (TPSA) is 102 Å². The molecule has 29 heavy (non-hydrogen) atoms. The van der Waals surface area contributed by atoms with Crippen molar-refractivity contribution in [3.63, 3.8) is 0 Å². The summed E-state index contributed by atoms with van der Waals surface area (Å²) in [5, 5.41) is 11.7. The first kappa shape index (κ1) is 25.4. The number of carbonyl (C=O) groups excluding carboxylic acids is 3. The molecule has 8 heteroatoms. The van der Waals surface area contributed by atoms with Crippen LogP contribution in [0, 0.1) is 17.3 Å². The van der Waals surface area contributed by atoms with E-state index in [2.05, 4.69) is 17.3 Å². The molecule has 8 nitrogen and oxygen atoms in total. The minimum atomic E-state index is -0.639. The van der Waals surface area contributed by atoms with Gasteiger partial charge < -0.3 is 15.1 Å². The average Bonchev–Trinajstić information content (AvgIpc) is 2.63. The van der Waals surface area contributed by atoms with Crippen molar-refractivity contribution in [1.82, 2.24) is 20.6 Å². The molecule has 0 saturated carbocycles. The van der Waals surface area contributed by atoms with Crippen molar-refractivity contribution >= 4 is 17.7 Å². The van der Waals surface area contributed by atoms with Crippen molar-refractivity contribution in [3.8, 4) is 0 Å². The largest absolute Gasteiger partial charge is 0.357 e.